The molecule has 2 nitrogen and oxygen atoms in total. The van der Waals surface area contributed by atoms with Crippen LogP contribution in [0.3, 0.4) is 0 Å². The summed E-state index contributed by atoms with van der Waals surface area (Å²) in [4.78, 5) is 11.1. The number of alkyl halides is 3. The molecule has 0 aromatic heterocycles. The SMILES string of the molecule is CC(=O)c1cc(I)c(OC(F)(F)F)cc1Cl. The summed E-state index contributed by atoms with van der Waals surface area (Å²) in [5.74, 6) is -0.732. The number of halogens is 5. The number of hydrogen-bond donors (Lipinski definition) is 0. The lowest BCUT2D eigenvalue weighted by molar-refractivity contribution is -0.274. The smallest absolute Gasteiger partial charge is 0.405 e. The molecule has 0 aliphatic carbocycles. The van der Waals surface area contributed by atoms with E-state index in [2.05, 4.69) is 4.74 Å². The van der Waals surface area contributed by atoms with Gasteiger partial charge in [-0.2, -0.15) is 0 Å². The number of benzene rings is 1. The maximum Gasteiger partial charge on any atom is 0.573 e. The van der Waals surface area contributed by atoms with Gasteiger partial charge in [0.1, 0.15) is 5.75 Å². The molecule has 0 unspecified atom stereocenters. The van der Waals surface area contributed by atoms with Crippen molar-refractivity contribution in [3.8, 4) is 5.75 Å². The van der Waals surface area contributed by atoms with Crippen LogP contribution in [0, 0.1) is 3.57 Å². The molecule has 1 aromatic carbocycles. The summed E-state index contributed by atoms with van der Waals surface area (Å²) >= 11 is 7.29. The Morgan fingerprint density at radius 1 is 1.44 bits per heavy atom. The number of ketones is 1. The zero-order chi connectivity index (χ0) is 12.5. The van der Waals surface area contributed by atoms with Crippen molar-refractivity contribution in [3.05, 3.63) is 26.3 Å². The fraction of sp³-hybridized carbons (Fsp3) is 0.222. The molecule has 0 spiro atoms. The van der Waals surface area contributed by atoms with Crippen LogP contribution in [0.5, 0.6) is 5.75 Å². The van der Waals surface area contributed by atoms with E-state index in [-0.39, 0.29) is 19.9 Å². The van der Waals surface area contributed by atoms with Crippen LogP contribution in [0.1, 0.15) is 17.3 Å². The van der Waals surface area contributed by atoms with Crippen LogP contribution >= 0.6 is 34.2 Å². The van der Waals surface area contributed by atoms with Gasteiger partial charge in [-0.3, -0.25) is 4.79 Å². The summed E-state index contributed by atoms with van der Waals surface area (Å²) in [7, 11) is 0. The van der Waals surface area contributed by atoms with Gasteiger partial charge in [0.2, 0.25) is 0 Å². The molecule has 1 aromatic rings. The van der Waals surface area contributed by atoms with Gasteiger partial charge in [-0.15, -0.1) is 13.2 Å². The summed E-state index contributed by atoms with van der Waals surface area (Å²) in [5.41, 5.74) is 0.167. The molecular formula is C9H5ClF3IO2. The molecule has 16 heavy (non-hydrogen) atoms. The van der Waals surface area contributed by atoms with Gasteiger partial charge < -0.3 is 4.74 Å². The van der Waals surface area contributed by atoms with Crippen LogP contribution in [0.15, 0.2) is 12.1 Å². The van der Waals surface area contributed by atoms with Crippen LogP contribution in [-0.2, 0) is 0 Å². The lowest BCUT2D eigenvalue weighted by Crippen LogP contribution is -2.18. The molecule has 0 aliphatic rings. The fourth-order valence-electron chi connectivity index (χ4n) is 1.00. The van der Waals surface area contributed by atoms with Gasteiger partial charge in [0.05, 0.1) is 8.59 Å². The predicted molar refractivity (Wildman–Crippen MR) is 60.9 cm³/mol. The summed E-state index contributed by atoms with van der Waals surface area (Å²) in [6.45, 7) is 1.28. The summed E-state index contributed by atoms with van der Waals surface area (Å²) < 4.78 is 39.8. The Hall–Kier alpha value is -0.500. The molecule has 0 amide bonds. The topological polar surface area (TPSA) is 26.3 Å². The van der Waals surface area contributed by atoms with Crippen molar-refractivity contribution in [1.29, 1.82) is 0 Å². The molecule has 0 fully saturated rings. The number of carbonyl (C=O) groups excluding carboxylic acids is 1. The minimum absolute atomic E-state index is 0.0628. The second-order valence-corrected chi connectivity index (χ2v) is 4.44. The zero-order valence-corrected chi connectivity index (χ0v) is 10.8. The summed E-state index contributed by atoms with van der Waals surface area (Å²) in [6.07, 6.45) is -4.78. The molecule has 0 N–H and O–H groups in total. The van der Waals surface area contributed by atoms with Crippen molar-refractivity contribution in [1.82, 2.24) is 0 Å². The predicted octanol–water partition coefficient (Wildman–Crippen LogP) is 4.05. The van der Waals surface area contributed by atoms with E-state index < -0.39 is 12.1 Å². The Morgan fingerprint density at radius 3 is 2.44 bits per heavy atom. The van der Waals surface area contributed by atoms with E-state index in [9.17, 15) is 18.0 Å². The third-order valence-corrected chi connectivity index (χ3v) is 2.78. The fourth-order valence-corrected chi connectivity index (χ4v) is 1.87. The van der Waals surface area contributed by atoms with Gasteiger partial charge in [0.15, 0.2) is 5.78 Å². The van der Waals surface area contributed by atoms with Gasteiger partial charge in [-0.25, -0.2) is 0 Å². The molecule has 0 atom stereocenters. The molecule has 0 aliphatic heterocycles. The van der Waals surface area contributed by atoms with Crippen LogP contribution in [0.25, 0.3) is 0 Å². The molecule has 7 heteroatoms. The quantitative estimate of drug-likeness (QED) is 0.585. The van der Waals surface area contributed by atoms with E-state index in [0.29, 0.717) is 0 Å². The number of hydrogen-bond acceptors (Lipinski definition) is 2. The number of Topliss-reactive ketones (excluding diaryl/α,β-unsaturated/α-hetero) is 1. The third kappa shape index (κ3) is 3.51. The van der Waals surface area contributed by atoms with Crippen LogP contribution in [-0.4, -0.2) is 12.1 Å². The van der Waals surface area contributed by atoms with Crippen molar-refractivity contribution in [2.75, 3.05) is 0 Å². The Kier molecular flexibility index (Phi) is 4.06. The highest BCUT2D eigenvalue weighted by Crippen LogP contribution is 2.32. The van der Waals surface area contributed by atoms with E-state index in [0.717, 1.165) is 6.07 Å². The van der Waals surface area contributed by atoms with Crippen molar-refractivity contribution in [3.63, 3.8) is 0 Å². The van der Waals surface area contributed by atoms with Crippen LogP contribution in [0.4, 0.5) is 13.2 Å². The highest BCUT2D eigenvalue weighted by atomic mass is 127. The Morgan fingerprint density at radius 2 is 2.00 bits per heavy atom. The monoisotopic (exact) mass is 364 g/mol. The van der Waals surface area contributed by atoms with Gasteiger partial charge in [-0.1, -0.05) is 11.6 Å². The first-order valence-electron chi connectivity index (χ1n) is 3.96. The van der Waals surface area contributed by atoms with Gasteiger partial charge >= 0.3 is 6.36 Å². The Bertz CT molecular complexity index is 431. The average molecular weight is 364 g/mol. The van der Waals surface area contributed by atoms with Gasteiger partial charge in [0.25, 0.3) is 0 Å². The van der Waals surface area contributed by atoms with E-state index in [1.165, 1.54) is 13.0 Å². The normalized spacial score (nSPS) is 11.4. The van der Waals surface area contributed by atoms with Crippen molar-refractivity contribution in [2.45, 2.75) is 13.3 Å². The Balaban J connectivity index is 3.16. The summed E-state index contributed by atoms with van der Waals surface area (Å²) in [6, 6.07) is 2.24. The molecule has 0 saturated carbocycles. The first kappa shape index (κ1) is 13.6. The maximum absolute atomic E-state index is 12.0. The van der Waals surface area contributed by atoms with Crippen molar-refractivity contribution < 1.29 is 22.7 Å². The lowest BCUT2D eigenvalue weighted by atomic mass is 10.1. The third-order valence-electron chi connectivity index (χ3n) is 1.63. The standard InChI is InChI=1S/C9H5ClF3IO2/c1-4(15)5-2-7(14)8(3-6(5)10)16-9(11,12)13/h2-3H,1H3. The number of ether oxygens (including phenoxy) is 1. The Labute approximate surface area is 108 Å². The molecule has 0 heterocycles. The molecule has 0 radical (unpaired) electrons. The van der Waals surface area contributed by atoms with Crippen molar-refractivity contribution in [2.24, 2.45) is 0 Å². The molecule has 1 rings (SSSR count). The minimum Gasteiger partial charge on any atom is -0.405 e. The number of rotatable bonds is 2. The summed E-state index contributed by atoms with van der Waals surface area (Å²) in [5, 5.41) is -0.0628. The van der Waals surface area contributed by atoms with E-state index in [1.54, 1.807) is 22.6 Å². The van der Waals surface area contributed by atoms with Crippen LogP contribution < -0.4 is 4.74 Å². The second-order valence-electron chi connectivity index (χ2n) is 2.87. The molecule has 0 saturated heterocycles. The number of carbonyl (C=O) groups is 1. The highest BCUT2D eigenvalue weighted by Gasteiger charge is 2.32. The highest BCUT2D eigenvalue weighted by molar-refractivity contribution is 14.1. The maximum atomic E-state index is 12.0. The molecular weight excluding hydrogens is 359 g/mol. The first-order valence-corrected chi connectivity index (χ1v) is 5.42. The molecule has 0 bridgehead atoms. The van der Waals surface area contributed by atoms with E-state index >= 15 is 0 Å². The van der Waals surface area contributed by atoms with E-state index in [4.69, 9.17) is 11.6 Å². The zero-order valence-electron chi connectivity index (χ0n) is 7.86. The lowest BCUT2D eigenvalue weighted by Gasteiger charge is -2.12. The average Bonchev–Trinajstić information content (AvgIpc) is 2.07. The van der Waals surface area contributed by atoms with Crippen LogP contribution in [0.2, 0.25) is 5.02 Å². The largest absolute Gasteiger partial charge is 0.573 e. The van der Waals surface area contributed by atoms with Gasteiger partial charge in [0, 0.05) is 11.6 Å². The second kappa shape index (κ2) is 4.79. The minimum atomic E-state index is -4.78. The van der Waals surface area contributed by atoms with Gasteiger partial charge in [-0.05, 0) is 35.6 Å². The van der Waals surface area contributed by atoms with Crippen molar-refractivity contribution >= 4 is 40.0 Å². The van der Waals surface area contributed by atoms with E-state index in [1.807, 2.05) is 0 Å². The molecule has 88 valence electrons. The first-order chi connectivity index (χ1) is 7.20.